The van der Waals surface area contributed by atoms with Crippen LogP contribution >= 0.6 is 15.9 Å². The van der Waals surface area contributed by atoms with Gasteiger partial charge < -0.3 is 10.1 Å². The lowest BCUT2D eigenvalue weighted by molar-refractivity contribution is 0.451. The molecule has 4 nitrogen and oxygen atoms in total. The first-order valence-corrected chi connectivity index (χ1v) is 7.40. The van der Waals surface area contributed by atoms with Gasteiger partial charge in [-0.1, -0.05) is 29.3 Å². The molecule has 0 aliphatic carbocycles. The number of aromatic nitrogens is 2. The molecule has 0 saturated carbocycles. The normalized spacial score (nSPS) is 10.4. The Morgan fingerprint density at radius 1 is 1.30 bits per heavy atom. The Labute approximate surface area is 127 Å². The zero-order chi connectivity index (χ0) is 14.5. The molecule has 0 radical (unpaired) electrons. The Morgan fingerprint density at radius 2 is 2.10 bits per heavy atom. The maximum absolute atomic E-state index is 5.98. The zero-order valence-corrected chi connectivity index (χ0v) is 13.5. The summed E-state index contributed by atoms with van der Waals surface area (Å²) in [6, 6.07) is 5.92. The monoisotopic (exact) mass is 335 g/mol. The van der Waals surface area contributed by atoms with Gasteiger partial charge in [-0.2, -0.15) is 0 Å². The molecule has 0 saturated heterocycles. The Kier molecular flexibility index (Phi) is 4.95. The van der Waals surface area contributed by atoms with E-state index in [-0.39, 0.29) is 0 Å². The molecular formula is C15H18BrN3O. The number of ether oxygens (including phenoxy) is 1. The number of hydrogen-bond acceptors (Lipinski definition) is 4. The van der Waals surface area contributed by atoms with Crippen molar-refractivity contribution < 1.29 is 4.74 Å². The van der Waals surface area contributed by atoms with Gasteiger partial charge in [0.25, 0.3) is 0 Å². The molecule has 0 spiro atoms. The van der Waals surface area contributed by atoms with E-state index in [4.69, 9.17) is 4.74 Å². The maximum Gasteiger partial charge on any atom is 0.227 e. The molecule has 0 unspecified atom stereocenters. The van der Waals surface area contributed by atoms with Crippen LogP contribution in [0.4, 0.5) is 5.82 Å². The van der Waals surface area contributed by atoms with E-state index in [1.807, 2.05) is 32.2 Å². The van der Waals surface area contributed by atoms with Crippen molar-refractivity contribution >= 4 is 21.7 Å². The van der Waals surface area contributed by atoms with Gasteiger partial charge in [0, 0.05) is 11.5 Å². The second-order valence-electron chi connectivity index (χ2n) is 4.52. The molecule has 5 heteroatoms. The van der Waals surface area contributed by atoms with Crippen LogP contribution in [0.3, 0.4) is 0 Å². The van der Waals surface area contributed by atoms with E-state index < -0.39 is 0 Å². The molecule has 0 atom stereocenters. The molecule has 0 bridgehead atoms. The average molecular weight is 336 g/mol. The molecule has 1 aromatic carbocycles. The molecule has 2 aromatic rings. The number of nitrogens with zero attached hydrogens (tertiary/aromatic N) is 2. The van der Waals surface area contributed by atoms with Crippen molar-refractivity contribution in [2.45, 2.75) is 26.7 Å². The lowest BCUT2D eigenvalue weighted by Gasteiger charge is -2.14. The van der Waals surface area contributed by atoms with Crippen LogP contribution in [0.15, 0.2) is 29.0 Å². The fraction of sp³-hybridized carbons (Fsp3) is 0.333. The molecule has 106 valence electrons. The molecule has 20 heavy (non-hydrogen) atoms. The second-order valence-corrected chi connectivity index (χ2v) is 5.43. The van der Waals surface area contributed by atoms with Crippen LogP contribution in [-0.2, 0) is 6.42 Å². The Morgan fingerprint density at radius 3 is 2.75 bits per heavy atom. The number of benzene rings is 1. The van der Waals surface area contributed by atoms with E-state index in [9.17, 15) is 0 Å². The molecule has 0 aliphatic rings. The van der Waals surface area contributed by atoms with E-state index in [1.165, 1.54) is 6.33 Å². The molecule has 0 amide bonds. The van der Waals surface area contributed by atoms with Crippen molar-refractivity contribution in [1.29, 1.82) is 0 Å². The second kappa shape index (κ2) is 6.70. The van der Waals surface area contributed by atoms with E-state index in [1.54, 1.807) is 0 Å². The standard InChI is InChI=1S/C15H18BrN3O/c1-4-5-12-14(17-3)18-9-19-15(12)20-13-7-6-11(16)8-10(13)2/h6-9H,4-5H2,1-3H3,(H,17,18,19). The topological polar surface area (TPSA) is 47.0 Å². The van der Waals surface area contributed by atoms with Crippen LogP contribution in [0, 0.1) is 6.92 Å². The summed E-state index contributed by atoms with van der Waals surface area (Å²) in [5.41, 5.74) is 2.08. The number of anilines is 1. The summed E-state index contributed by atoms with van der Waals surface area (Å²) >= 11 is 3.45. The summed E-state index contributed by atoms with van der Waals surface area (Å²) in [6.45, 7) is 4.14. The van der Waals surface area contributed by atoms with Crippen LogP contribution in [0.5, 0.6) is 11.6 Å². The molecule has 1 aromatic heterocycles. The van der Waals surface area contributed by atoms with Gasteiger partial charge in [0.2, 0.25) is 5.88 Å². The fourth-order valence-electron chi connectivity index (χ4n) is 2.01. The van der Waals surface area contributed by atoms with Crippen molar-refractivity contribution in [3.8, 4) is 11.6 Å². The molecule has 0 fully saturated rings. The van der Waals surface area contributed by atoms with E-state index in [0.29, 0.717) is 5.88 Å². The minimum atomic E-state index is 0.622. The predicted octanol–water partition coefficient (Wildman–Crippen LogP) is 4.33. The minimum absolute atomic E-state index is 0.622. The maximum atomic E-state index is 5.98. The Hall–Kier alpha value is -1.62. The van der Waals surface area contributed by atoms with Gasteiger partial charge >= 0.3 is 0 Å². The highest BCUT2D eigenvalue weighted by atomic mass is 79.9. The predicted molar refractivity (Wildman–Crippen MR) is 84.5 cm³/mol. The highest BCUT2D eigenvalue weighted by molar-refractivity contribution is 9.10. The minimum Gasteiger partial charge on any atom is -0.438 e. The molecule has 1 heterocycles. The first kappa shape index (κ1) is 14.8. The number of rotatable bonds is 5. The Balaban J connectivity index is 2.37. The van der Waals surface area contributed by atoms with Crippen molar-refractivity contribution in [3.05, 3.63) is 40.1 Å². The van der Waals surface area contributed by atoms with Gasteiger partial charge in [0.05, 0.1) is 5.56 Å². The first-order chi connectivity index (χ1) is 9.65. The van der Waals surface area contributed by atoms with Gasteiger partial charge in [0.15, 0.2) is 0 Å². The number of aryl methyl sites for hydroxylation is 1. The molecule has 1 N–H and O–H groups in total. The highest BCUT2D eigenvalue weighted by Gasteiger charge is 2.13. The third-order valence-corrected chi connectivity index (χ3v) is 3.48. The number of halogens is 1. The third-order valence-electron chi connectivity index (χ3n) is 2.99. The van der Waals surface area contributed by atoms with Gasteiger partial charge in [-0.15, -0.1) is 0 Å². The Bertz CT molecular complexity index is 602. The van der Waals surface area contributed by atoms with Gasteiger partial charge in [-0.05, 0) is 37.1 Å². The van der Waals surface area contributed by atoms with Crippen molar-refractivity contribution in [2.75, 3.05) is 12.4 Å². The summed E-state index contributed by atoms with van der Waals surface area (Å²) in [7, 11) is 1.86. The van der Waals surface area contributed by atoms with E-state index >= 15 is 0 Å². The number of nitrogens with one attached hydrogen (secondary N) is 1. The fourth-order valence-corrected chi connectivity index (χ4v) is 2.48. The largest absolute Gasteiger partial charge is 0.438 e. The van der Waals surface area contributed by atoms with Crippen LogP contribution in [0.2, 0.25) is 0 Å². The molecule has 0 aliphatic heterocycles. The summed E-state index contributed by atoms with van der Waals surface area (Å²) in [4.78, 5) is 8.52. The summed E-state index contributed by atoms with van der Waals surface area (Å²) in [5, 5.41) is 3.09. The first-order valence-electron chi connectivity index (χ1n) is 6.61. The zero-order valence-electron chi connectivity index (χ0n) is 11.9. The van der Waals surface area contributed by atoms with E-state index in [2.05, 4.69) is 38.1 Å². The SMILES string of the molecule is CCCc1c(NC)ncnc1Oc1ccc(Br)cc1C. The van der Waals surface area contributed by atoms with Gasteiger partial charge in [0.1, 0.15) is 17.9 Å². The summed E-state index contributed by atoms with van der Waals surface area (Å²) in [5.74, 6) is 2.26. The van der Waals surface area contributed by atoms with E-state index in [0.717, 1.165) is 40.0 Å². The average Bonchev–Trinajstić information content (AvgIpc) is 2.43. The van der Waals surface area contributed by atoms with Crippen LogP contribution < -0.4 is 10.1 Å². The van der Waals surface area contributed by atoms with Gasteiger partial charge in [-0.25, -0.2) is 9.97 Å². The third kappa shape index (κ3) is 3.28. The van der Waals surface area contributed by atoms with Gasteiger partial charge in [-0.3, -0.25) is 0 Å². The summed E-state index contributed by atoms with van der Waals surface area (Å²) < 4.78 is 7.02. The van der Waals surface area contributed by atoms with Crippen LogP contribution in [-0.4, -0.2) is 17.0 Å². The highest BCUT2D eigenvalue weighted by Crippen LogP contribution is 2.30. The van der Waals surface area contributed by atoms with Crippen molar-refractivity contribution in [2.24, 2.45) is 0 Å². The summed E-state index contributed by atoms with van der Waals surface area (Å²) in [6.07, 6.45) is 3.41. The lowest BCUT2D eigenvalue weighted by Crippen LogP contribution is -2.03. The quantitative estimate of drug-likeness (QED) is 0.883. The van der Waals surface area contributed by atoms with Crippen molar-refractivity contribution in [3.63, 3.8) is 0 Å². The number of hydrogen-bond donors (Lipinski definition) is 1. The molecular weight excluding hydrogens is 318 g/mol. The smallest absolute Gasteiger partial charge is 0.227 e. The molecule has 2 rings (SSSR count). The van der Waals surface area contributed by atoms with Crippen LogP contribution in [0.1, 0.15) is 24.5 Å². The van der Waals surface area contributed by atoms with Crippen molar-refractivity contribution in [1.82, 2.24) is 9.97 Å². The van der Waals surface area contributed by atoms with Crippen LogP contribution in [0.25, 0.3) is 0 Å². The lowest BCUT2D eigenvalue weighted by atomic mass is 10.1.